The van der Waals surface area contributed by atoms with E-state index in [1.807, 2.05) is 48.7 Å². The quantitative estimate of drug-likeness (QED) is 0.590. The van der Waals surface area contributed by atoms with Gasteiger partial charge in [0.05, 0.1) is 18.3 Å². The number of carbonyl (C=O) groups excluding carboxylic acids is 1. The van der Waals surface area contributed by atoms with Crippen LogP contribution in [0.5, 0.6) is 0 Å². The Hall–Kier alpha value is -2.99. The molecule has 5 nitrogen and oxygen atoms in total. The molecule has 0 saturated carbocycles. The van der Waals surface area contributed by atoms with Gasteiger partial charge in [-0.2, -0.15) is 0 Å². The maximum atomic E-state index is 12.3. The molecule has 2 heterocycles. The molecule has 0 radical (unpaired) electrons. The third kappa shape index (κ3) is 3.36. The number of nitrogens with one attached hydrogen (secondary N) is 1. The Morgan fingerprint density at radius 1 is 1.12 bits per heavy atom. The second kappa shape index (κ2) is 6.72. The molecule has 6 heteroatoms. The number of anilines is 1. The van der Waals surface area contributed by atoms with Gasteiger partial charge < -0.3 is 5.32 Å². The molecule has 0 bridgehead atoms. The molecule has 2 aromatic heterocycles. The number of benzene rings is 2. The zero-order valence-corrected chi connectivity index (χ0v) is 15.4. The second-order valence-electron chi connectivity index (χ2n) is 6.27. The third-order valence-corrected chi connectivity index (χ3v) is 5.13. The molecule has 4 aromatic rings. The molecule has 0 aliphatic rings. The summed E-state index contributed by atoms with van der Waals surface area (Å²) in [7, 11) is 0. The standard InChI is InChI=1S/C20H18N4OS/c1-13-8-9-15(10-14(13)2)11-18(25)22-19-23-24-12-17(21-20(24)26-19)16-6-4-3-5-7-16/h3-10,12H,11H2,1-2H3,(H,22,23,25). The van der Waals surface area contributed by atoms with Crippen LogP contribution < -0.4 is 5.32 Å². The molecule has 0 atom stereocenters. The molecule has 0 aliphatic heterocycles. The molecule has 2 aromatic carbocycles. The highest BCUT2D eigenvalue weighted by Crippen LogP contribution is 2.24. The molecule has 0 fully saturated rings. The number of imidazole rings is 1. The highest BCUT2D eigenvalue weighted by molar-refractivity contribution is 7.20. The van der Waals surface area contributed by atoms with Crippen molar-refractivity contribution < 1.29 is 4.79 Å². The van der Waals surface area contributed by atoms with Crippen LogP contribution in [0.4, 0.5) is 5.13 Å². The number of fused-ring (bicyclic) bond motifs is 1. The van der Waals surface area contributed by atoms with E-state index in [-0.39, 0.29) is 5.91 Å². The lowest BCUT2D eigenvalue weighted by molar-refractivity contribution is -0.115. The van der Waals surface area contributed by atoms with Crippen LogP contribution in [0.1, 0.15) is 16.7 Å². The van der Waals surface area contributed by atoms with Crippen LogP contribution in [-0.2, 0) is 11.2 Å². The largest absolute Gasteiger partial charge is 0.300 e. The molecular formula is C20H18N4OS. The molecule has 0 unspecified atom stereocenters. The zero-order valence-electron chi connectivity index (χ0n) is 14.6. The summed E-state index contributed by atoms with van der Waals surface area (Å²) in [6, 6.07) is 16.0. The van der Waals surface area contributed by atoms with Crippen LogP contribution in [0.15, 0.2) is 54.7 Å². The van der Waals surface area contributed by atoms with E-state index in [9.17, 15) is 4.79 Å². The van der Waals surface area contributed by atoms with E-state index < -0.39 is 0 Å². The summed E-state index contributed by atoms with van der Waals surface area (Å²) in [5.41, 5.74) is 5.34. The summed E-state index contributed by atoms with van der Waals surface area (Å²) in [5.74, 6) is -0.0754. The van der Waals surface area contributed by atoms with Crippen molar-refractivity contribution in [3.63, 3.8) is 0 Å². The molecular weight excluding hydrogens is 344 g/mol. The first-order valence-corrected chi connectivity index (χ1v) is 9.18. The average Bonchev–Trinajstić information content (AvgIpc) is 3.17. The number of amides is 1. The first-order valence-electron chi connectivity index (χ1n) is 8.36. The Balaban J connectivity index is 1.48. The van der Waals surface area contributed by atoms with Gasteiger partial charge in [-0.15, -0.1) is 5.10 Å². The van der Waals surface area contributed by atoms with E-state index in [1.54, 1.807) is 4.52 Å². The Morgan fingerprint density at radius 3 is 2.65 bits per heavy atom. The van der Waals surface area contributed by atoms with Crippen LogP contribution in [-0.4, -0.2) is 20.5 Å². The van der Waals surface area contributed by atoms with Gasteiger partial charge in [-0.1, -0.05) is 59.9 Å². The normalized spacial score (nSPS) is 11.0. The van der Waals surface area contributed by atoms with E-state index in [2.05, 4.69) is 35.3 Å². The fourth-order valence-corrected chi connectivity index (χ4v) is 3.56. The van der Waals surface area contributed by atoms with E-state index in [0.29, 0.717) is 11.6 Å². The summed E-state index contributed by atoms with van der Waals surface area (Å²) in [6.45, 7) is 4.12. The minimum atomic E-state index is -0.0754. The SMILES string of the molecule is Cc1ccc(CC(=O)Nc2nn3cc(-c4ccccc4)nc3s2)cc1C. The highest BCUT2D eigenvalue weighted by atomic mass is 32.1. The predicted octanol–water partition coefficient (Wildman–Crippen LogP) is 4.26. The van der Waals surface area contributed by atoms with Gasteiger partial charge in [0.25, 0.3) is 0 Å². The van der Waals surface area contributed by atoms with Crippen molar-refractivity contribution in [3.05, 3.63) is 71.4 Å². The van der Waals surface area contributed by atoms with Crippen molar-refractivity contribution in [1.29, 1.82) is 0 Å². The van der Waals surface area contributed by atoms with Gasteiger partial charge in [0, 0.05) is 5.56 Å². The van der Waals surface area contributed by atoms with Crippen molar-refractivity contribution >= 4 is 27.3 Å². The van der Waals surface area contributed by atoms with Crippen molar-refractivity contribution in [2.45, 2.75) is 20.3 Å². The minimum absolute atomic E-state index is 0.0754. The van der Waals surface area contributed by atoms with E-state index >= 15 is 0 Å². The summed E-state index contributed by atoms with van der Waals surface area (Å²) >= 11 is 1.37. The first-order chi connectivity index (χ1) is 12.6. The van der Waals surface area contributed by atoms with Crippen molar-refractivity contribution in [2.24, 2.45) is 0 Å². The maximum Gasteiger partial charge on any atom is 0.230 e. The smallest absolute Gasteiger partial charge is 0.230 e. The zero-order chi connectivity index (χ0) is 18.1. The Morgan fingerprint density at radius 2 is 1.92 bits per heavy atom. The monoisotopic (exact) mass is 362 g/mol. The maximum absolute atomic E-state index is 12.3. The van der Waals surface area contributed by atoms with Crippen molar-refractivity contribution in [2.75, 3.05) is 5.32 Å². The average molecular weight is 362 g/mol. The number of hydrogen-bond acceptors (Lipinski definition) is 4. The van der Waals surface area contributed by atoms with E-state index in [1.165, 1.54) is 22.5 Å². The molecule has 1 amide bonds. The van der Waals surface area contributed by atoms with Crippen LogP contribution in [0.3, 0.4) is 0 Å². The van der Waals surface area contributed by atoms with Gasteiger partial charge in [-0.05, 0) is 30.5 Å². The minimum Gasteiger partial charge on any atom is -0.300 e. The van der Waals surface area contributed by atoms with Crippen LogP contribution in [0.25, 0.3) is 16.2 Å². The first kappa shape index (κ1) is 16.5. The highest BCUT2D eigenvalue weighted by Gasteiger charge is 2.12. The Bertz CT molecular complexity index is 1050. The Kier molecular flexibility index (Phi) is 4.26. The van der Waals surface area contributed by atoms with E-state index in [0.717, 1.165) is 21.8 Å². The summed E-state index contributed by atoms with van der Waals surface area (Å²) in [5, 5.41) is 7.84. The summed E-state index contributed by atoms with van der Waals surface area (Å²) < 4.78 is 1.71. The van der Waals surface area contributed by atoms with Gasteiger partial charge in [0.2, 0.25) is 16.0 Å². The molecule has 0 spiro atoms. The molecule has 1 N–H and O–H groups in total. The van der Waals surface area contributed by atoms with Crippen molar-refractivity contribution in [1.82, 2.24) is 14.6 Å². The lowest BCUT2D eigenvalue weighted by Crippen LogP contribution is -2.14. The predicted molar refractivity (Wildman–Crippen MR) is 105 cm³/mol. The third-order valence-electron chi connectivity index (χ3n) is 4.30. The fraction of sp³-hybridized carbons (Fsp3) is 0.150. The molecule has 0 aliphatic carbocycles. The van der Waals surface area contributed by atoms with Crippen LogP contribution in [0, 0.1) is 13.8 Å². The molecule has 26 heavy (non-hydrogen) atoms. The lowest BCUT2D eigenvalue weighted by atomic mass is 10.0. The second-order valence-corrected chi connectivity index (χ2v) is 7.23. The summed E-state index contributed by atoms with van der Waals surface area (Å²) in [6.07, 6.45) is 2.21. The number of rotatable bonds is 4. The van der Waals surface area contributed by atoms with Gasteiger partial charge >= 0.3 is 0 Å². The fourth-order valence-electron chi connectivity index (χ4n) is 2.76. The van der Waals surface area contributed by atoms with Gasteiger partial charge in [-0.3, -0.25) is 4.79 Å². The number of hydrogen-bond donors (Lipinski definition) is 1. The van der Waals surface area contributed by atoms with Crippen molar-refractivity contribution in [3.8, 4) is 11.3 Å². The van der Waals surface area contributed by atoms with Gasteiger partial charge in [-0.25, -0.2) is 9.50 Å². The number of carbonyl (C=O) groups is 1. The Labute approximate surface area is 155 Å². The number of nitrogens with zero attached hydrogens (tertiary/aromatic N) is 3. The molecule has 130 valence electrons. The molecule has 4 rings (SSSR count). The van der Waals surface area contributed by atoms with Crippen LogP contribution in [0.2, 0.25) is 0 Å². The van der Waals surface area contributed by atoms with Gasteiger partial charge in [0.15, 0.2) is 0 Å². The number of aryl methyl sites for hydroxylation is 2. The summed E-state index contributed by atoms with van der Waals surface area (Å²) in [4.78, 5) is 17.6. The van der Waals surface area contributed by atoms with Gasteiger partial charge in [0.1, 0.15) is 0 Å². The number of aromatic nitrogens is 3. The lowest BCUT2D eigenvalue weighted by Gasteiger charge is -2.05. The van der Waals surface area contributed by atoms with Crippen LogP contribution >= 0.6 is 11.3 Å². The topological polar surface area (TPSA) is 59.3 Å². The molecule has 0 saturated heterocycles. The van der Waals surface area contributed by atoms with E-state index in [4.69, 9.17) is 0 Å².